The zero-order chi connectivity index (χ0) is 19.1. The fourth-order valence-corrected chi connectivity index (χ4v) is 3.83. The molecule has 1 unspecified atom stereocenters. The minimum atomic E-state index is -0.182. The number of fused-ring (bicyclic) bond motifs is 2. The molecule has 0 spiro atoms. The number of hydrogen-bond donors (Lipinski definition) is 1. The van der Waals surface area contributed by atoms with Gasteiger partial charge in [-0.1, -0.05) is 29.8 Å². The summed E-state index contributed by atoms with van der Waals surface area (Å²) in [6.45, 7) is 4.99. The molecule has 8 heteroatoms. The molecular formula is C20H19ClN6O. The Morgan fingerprint density at radius 2 is 2.00 bits per heavy atom. The summed E-state index contributed by atoms with van der Waals surface area (Å²) < 4.78 is 5.46. The Balaban J connectivity index is 1.64. The first-order valence-corrected chi connectivity index (χ1v) is 9.64. The smallest absolute Gasteiger partial charge is 0.200 e. The molecule has 3 aliphatic heterocycles. The molecule has 142 valence electrons. The van der Waals surface area contributed by atoms with E-state index in [2.05, 4.69) is 15.1 Å². The third kappa shape index (κ3) is 2.96. The Morgan fingerprint density at radius 3 is 2.82 bits per heavy atom. The van der Waals surface area contributed by atoms with Crippen molar-refractivity contribution in [3.05, 3.63) is 52.4 Å². The molecule has 0 aliphatic carbocycles. The van der Waals surface area contributed by atoms with Gasteiger partial charge in [0.1, 0.15) is 11.5 Å². The number of nitrogens with zero attached hydrogens (tertiary/aromatic N) is 5. The van der Waals surface area contributed by atoms with Crippen molar-refractivity contribution in [1.82, 2.24) is 15.1 Å². The summed E-state index contributed by atoms with van der Waals surface area (Å²) in [5.41, 5.74) is 4.18. The van der Waals surface area contributed by atoms with Crippen LogP contribution in [0.25, 0.3) is 0 Å². The number of nitrogens with one attached hydrogen (secondary N) is 1. The number of allylic oxidation sites excluding steroid dienone is 1. The third-order valence-corrected chi connectivity index (χ3v) is 5.42. The molecule has 28 heavy (non-hydrogen) atoms. The van der Waals surface area contributed by atoms with Crippen LogP contribution in [0.5, 0.6) is 0 Å². The lowest BCUT2D eigenvalue weighted by atomic mass is 9.91. The summed E-state index contributed by atoms with van der Waals surface area (Å²) in [4.78, 5) is 16.7. The van der Waals surface area contributed by atoms with Crippen LogP contribution in [-0.4, -0.2) is 59.0 Å². The van der Waals surface area contributed by atoms with Crippen LogP contribution in [0.15, 0.2) is 51.1 Å². The number of halogens is 1. The predicted octanol–water partition coefficient (Wildman–Crippen LogP) is 3.45. The molecule has 0 saturated carbocycles. The van der Waals surface area contributed by atoms with E-state index in [9.17, 15) is 0 Å². The van der Waals surface area contributed by atoms with Gasteiger partial charge in [-0.15, -0.1) is 0 Å². The van der Waals surface area contributed by atoms with Crippen molar-refractivity contribution in [1.29, 1.82) is 0 Å². The average Bonchev–Trinajstić information content (AvgIpc) is 2.98. The highest BCUT2D eigenvalue weighted by Gasteiger charge is 2.30. The van der Waals surface area contributed by atoms with Gasteiger partial charge in [0.2, 0.25) is 0 Å². The monoisotopic (exact) mass is 394 g/mol. The SMILES string of the molecule is Cc1[nH]nc2c1N=C(c1ccccc1Cl)C1C=NC(N3CCOCC3)=CC1=N2. The van der Waals surface area contributed by atoms with Crippen LogP contribution in [0.4, 0.5) is 11.5 Å². The summed E-state index contributed by atoms with van der Waals surface area (Å²) in [6.07, 6.45) is 3.94. The van der Waals surface area contributed by atoms with Gasteiger partial charge < -0.3 is 9.64 Å². The van der Waals surface area contributed by atoms with Gasteiger partial charge in [0.15, 0.2) is 5.82 Å². The molecule has 0 radical (unpaired) electrons. The van der Waals surface area contributed by atoms with Crippen molar-refractivity contribution in [2.24, 2.45) is 20.9 Å². The number of aromatic nitrogens is 2. The van der Waals surface area contributed by atoms with Crippen molar-refractivity contribution < 1.29 is 4.74 Å². The van der Waals surface area contributed by atoms with E-state index in [1.54, 1.807) is 0 Å². The van der Waals surface area contributed by atoms with Gasteiger partial charge in [0.25, 0.3) is 0 Å². The van der Waals surface area contributed by atoms with Gasteiger partial charge in [-0.25, -0.2) is 15.0 Å². The fraction of sp³-hybridized carbons (Fsp3) is 0.300. The van der Waals surface area contributed by atoms with Crippen LogP contribution in [0.2, 0.25) is 5.02 Å². The Bertz CT molecular complexity index is 1040. The van der Waals surface area contributed by atoms with E-state index in [-0.39, 0.29) is 5.92 Å². The van der Waals surface area contributed by atoms with Gasteiger partial charge in [-0.05, 0) is 13.0 Å². The zero-order valence-electron chi connectivity index (χ0n) is 15.4. The average molecular weight is 395 g/mol. The van der Waals surface area contributed by atoms with E-state index in [1.165, 1.54) is 0 Å². The maximum absolute atomic E-state index is 6.51. The maximum atomic E-state index is 6.51. The standard InChI is InChI=1S/C20H19ClN6O/c1-12-18-20(26-25-12)23-16-10-17(27-6-8-28-9-7-27)22-11-14(16)19(24-18)13-4-2-3-5-15(13)21/h2-5,10-11,14H,6-9H2,1H3,(H,25,26). The predicted molar refractivity (Wildman–Crippen MR) is 111 cm³/mol. The number of H-pyrrole nitrogens is 1. The highest BCUT2D eigenvalue weighted by molar-refractivity contribution is 6.37. The first-order valence-electron chi connectivity index (χ1n) is 9.26. The Labute approximate surface area is 167 Å². The van der Waals surface area contributed by atoms with Crippen molar-refractivity contribution in [2.75, 3.05) is 26.3 Å². The zero-order valence-corrected chi connectivity index (χ0v) is 16.1. The molecule has 1 aromatic carbocycles. The summed E-state index contributed by atoms with van der Waals surface area (Å²) in [7, 11) is 0. The second kappa shape index (κ2) is 7.00. The number of morpholine rings is 1. The van der Waals surface area contributed by atoms with E-state index in [0.717, 1.165) is 47.3 Å². The summed E-state index contributed by atoms with van der Waals surface area (Å²) in [5.74, 6) is 1.30. The molecule has 7 nitrogen and oxygen atoms in total. The summed E-state index contributed by atoms with van der Waals surface area (Å²) >= 11 is 6.51. The molecule has 1 atom stereocenters. The van der Waals surface area contributed by atoms with E-state index in [4.69, 9.17) is 31.3 Å². The molecule has 2 aromatic rings. The second-order valence-electron chi connectivity index (χ2n) is 6.89. The number of aryl methyl sites for hydroxylation is 1. The largest absolute Gasteiger partial charge is 0.378 e. The molecule has 1 aromatic heterocycles. The number of ether oxygens (including phenoxy) is 1. The lowest BCUT2D eigenvalue weighted by Gasteiger charge is -2.31. The first-order chi connectivity index (χ1) is 13.7. The van der Waals surface area contributed by atoms with Crippen LogP contribution in [0.3, 0.4) is 0 Å². The summed E-state index contributed by atoms with van der Waals surface area (Å²) in [6, 6.07) is 7.73. The number of hydrogen-bond acceptors (Lipinski definition) is 6. The Kier molecular flexibility index (Phi) is 4.33. The Hall–Kier alpha value is -2.77. The van der Waals surface area contributed by atoms with E-state index in [1.807, 2.05) is 43.5 Å². The van der Waals surface area contributed by atoms with E-state index < -0.39 is 0 Å². The molecule has 4 heterocycles. The molecule has 3 aliphatic rings. The molecule has 0 bridgehead atoms. The highest BCUT2D eigenvalue weighted by Crippen LogP contribution is 2.36. The third-order valence-electron chi connectivity index (χ3n) is 5.09. The summed E-state index contributed by atoms with van der Waals surface area (Å²) in [5, 5.41) is 7.97. The van der Waals surface area contributed by atoms with Gasteiger partial charge >= 0.3 is 0 Å². The van der Waals surface area contributed by atoms with E-state index >= 15 is 0 Å². The highest BCUT2D eigenvalue weighted by atomic mass is 35.5. The van der Waals surface area contributed by atoms with Gasteiger partial charge in [-0.2, -0.15) is 5.10 Å². The number of benzene rings is 1. The fourth-order valence-electron chi connectivity index (χ4n) is 3.60. The van der Waals surface area contributed by atoms with Crippen LogP contribution in [0, 0.1) is 12.8 Å². The molecule has 5 rings (SSSR count). The van der Waals surface area contributed by atoms with Crippen molar-refractivity contribution in [3.8, 4) is 0 Å². The molecule has 0 amide bonds. The van der Waals surface area contributed by atoms with Gasteiger partial charge in [-0.3, -0.25) is 5.10 Å². The number of rotatable bonds is 2. The lowest BCUT2D eigenvalue weighted by Crippen LogP contribution is -2.37. The van der Waals surface area contributed by atoms with Gasteiger partial charge in [0, 0.05) is 36.0 Å². The van der Waals surface area contributed by atoms with Crippen LogP contribution in [0.1, 0.15) is 11.3 Å². The molecular weight excluding hydrogens is 376 g/mol. The van der Waals surface area contributed by atoms with Gasteiger partial charge in [0.05, 0.1) is 36.2 Å². The minimum Gasteiger partial charge on any atom is -0.378 e. The molecule has 1 N–H and O–H groups in total. The quantitative estimate of drug-likeness (QED) is 0.847. The second-order valence-corrected chi connectivity index (χ2v) is 7.30. The van der Waals surface area contributed by atoms with Crippen LogP contribution >= 0.6 is 11.6 Å². The van der Waals surface area contributed by atoms with Crippen LogP contribution in [-0.2, 0) is 4.74 Å². The molecule has 1 fully saturated rings. The maximum Gasteiger partial charge on any atom is 0.200 e. The van der Waals surface area contributed by atoms with Crippen molar-refractivity contribution in [3.63, 3.8) is 0 Å². The molecule has 1 saturated heterocycles. The first kappa shape index (κ1) is 17.3. The Morgan fingerprint density at radius 1 is 1.18 bits per heavy atom. The van der Waals surface area contributed by atoms with Crippen molar-refractivity contribution >= 4 is 40.7 Å². The normalized spacial score (nSPS) is 21.3. The minimum absolute atomic E-state index is 0.182. The lowest BCUT2D eigenvalue weighted by molar-refractivity contribution is 0.0532. The van der Waals surface area contributed by atoms with Crippen molar-refractivity contribution in [2.45, 2.75) is 6.92 Å². The topological polar surface area (TPSA) is 78.2 Å². The number of aliphatic imine (C=N–C) groups is 3. The number of aromatic amines is 1. The van der Waals surface area contributed by atoms with E-state index in [0.29, 0.717) is 24.1 Å². The van der Waals surface area contributed by atoms with Crippen LogP contribution < -0.4 is 0 Å².